The molecule has 0 amide bonds. The van der Waals surface area contributed by atoms with Crippen molar-refractivity contribution in [3.05, 3.63) is 85.5 Å². The maximum Gasteiger partial charge on any atom is 0.372 e. The summed E-state index contributed by atoms with van der Waals surface area (Å²) in [5.74, 6) is -0.301. The van der Waals surface area contributed by atoms with Gasteiger partial charge >= 0.3 is 5.97 Å². The Morgan fingerprint density at radius 2 is 1.21 bits per heavy atom. The summed E-state index contributed by atoms with van der Waals surface area (Å²) >= 11 is 0. The number of fused-ring (bicyclic) bond motifs is 2. The van der Waals surface area contributed by atoms with Gasteiger partial charge in [-0.05, 0) is 22.9 Å². The number of pyridine rings is 2. The molecule has 170 valence electrons. The van der Waals surface area contributed by atoms with Gasteiger partial charge in [-0.15, -0.1) is 0 Å². The number of carbonyl (C=O) groups is 1. The van der Waals surface area contributed by atoms with Crippen LogP contribution in [0, 0.1) is 0 Å². The molecular weight excluding hydrogens is 420 g/mol. The Kier molecular flexibility index (Phi) is 8.30. The molecule has 0 aliphatic rings. The van der Waals surface area contributed by atoms with Gasteiger partial charge in [0.15, 0.2) is 31.3 Å². The van der Waals surface area contributed by atoms with Crippen molar-refractivity contribution in [2.45, 2.75) is 13.1 Å². The number of ether oxygens (including phenoxy) is 2. The van der Waals surface area contributed by atoms with Crippen molar-refractivity contribution in [1.29, 1.82) is 0 Å². The molecule has 0 N–H and O–H groups in total. The summed E-state index contributed by atoms with van der Waals surface area (Å²) in [4.78, 5) is 22.3. The minimum Gasteiger partial charge on any atom is -0.459 e. The molecule has 0 fully saturated rings. The highest BCUT2D eigenvalue weighted by Gasteiger charge is 2.11. The van der Waals surface area contributed by atoms with Crippen molar-refractivity contribution >= 4 is 27.5 Å². The summed E-state index contributed by atoms with van der Waals surface area (Å²) < 4.78 is 14.5. The van der Waals surface area contributed by atoms with Gasteiger partial charge in [-0.3, -0.25) is 0 Å². The van der Waals surface area contributed by atoms with Crippen LogP contribution in [0.25, 0.3) is 21.5 Å². The van der Waals surface area contributed by atoms with E-state index in [0.29, 0.717) is 33.0 Å². The number of hydrogen-bond donors (Lipinski definition) is 0. The van der Waals surface area contributed by atoms with E-state index in [4.69, 9.17) is 19.2 Å². The van der Waals surface area contributed by atoms with Crippen LogP contribution in [0.2, 0.25) is 0 Å². The van der Waals surface area contributed by atoms with Gasteiger partial charge in [-0.25, -0.2) is 19.1 Å². The smallest absolute Gasteiger partial charge is 0.372 e. The van der Waals surface area contributed by atoms with E-state index in [1.54, 1.807) is 0 Å². The lowest BCUT2D eigenvalue weighted by molar-refractivity contribution is -0.700. The van der Waals surface area contributed by atoms with Crippen LogP contribution < -0.4 is 9.13 Å². The highest BCUT2D eigenvalue weighted by Crippen LogP contribution is 2.10. The molecule has 4 rings (SSSR count). The van der Waals surface area contributed by atoms with Crippen molar-refractivity contribution in [3.8, 4) is 0 Å². The van der Waals surface area contributed by atoms with Gasteiger partial charge in [-0.1, -0.05) is 36.4 Å². The Balaban J connectivity index is 1.02. The second kappa shape index (κ2) is 12.0. The number of aromatic nitrogens is 2. The van der Waals surface area contributed by atoms with E-state index in [1.807, 2.05) is 65.6 Å². The fourth-order valence-corrected chi connectivity index (χ4v) is 3.46. The van der Waals surface area contributed by atoms with Crippen LogP contribution in [-0.4, -0.2) is 39.0 Å². The molecular formula is C26H28N2O5+2. The Labute approximate surface area is 192 Å². The molecule has 0 aliphatic carbocycles. The Bertz CT molecular complexity index is 1200. The lowest BCUT2D eigenvalue weighted by atomic mass is 10.2. The normalized spacial score (nSPS) is 11.2. The van der Waals surface area contributed by atoms with Crippen LogP contribution in [0.15, 0.2) is 85.5 Å². The largest absolute Gasteiger partial charge is 0.459 e. The first-order chi connectivity index (χ1) is 16.3. The third kappa shape index (κ3) is 7.05. The molecule has 4 aromatic rings. The van der Waals surface area contributed by atoms with Crippen molar-refractivity contribution in [2.24, 2.45) is 0 Å². The zero-order valence-electron chi connectivity index (χ0n) is 18.5. The zero-order valence-corrected chi connectivity index (χ0v) is 18.5. The summed E-state index contributed by atoms with van der Waals surface area (Å²) in [6.45, 7) is 2.47. The summed E-state index contributed by atoms with van der Waals surface area (Å²) in [5, 5.41) is 4.61. The number of benzene rings is 2. The molecule has 7 nitrogen and oxygen atoms in total. The molecule has 33 heavy (non-hydrogen) atoms. The summed E-state index contributed by atoms with van der Waals surface area (Å²) in [7, 11) is 0. The molecule has 7 heteroatoms. The Hall–Kier alpha value is -3.39. The van der Waals surface area contributed by atoms with Crippen molar-refractivity contribution < 1.29 is 33.2 Å². The number of esters is 1. The minimum absolute atomic E-state index is 0.164. The van der Waals surface area contributed by atoms with Gasteiger partial charge in [0.1, 0.15) is 19.8 Å². The number of nitrogens with zero attached hydrogens (tertiary/aromatic N) is 2. The van der Waals surface area contributed by atoms with E-state index in [-0.39, 0.29) is 19.1 Å². The van der Waals surface area contributed by atoms with Gasteiger partial charge in [0.25, 0.3) is 0 Å². The lowest BCUT2D eigenvalue weighted by Gasteiger charge is -2.06. The highest BCUT2D eigenvalue weighted by atomic mass is 17.2. The molecule has 0 saturated carbocycles. The molecule has 0 radical (unpaired) electrons. The second-order valence-electron chi connectivity index (χ2n) is 7.53. The molecule has 0 unspecified atom stereocenters. The quantitative estimate of drug-likeness (QED) is 0.110. The third-order valence-corrected chi connectivity index (χ3v) is 5.12. The van der Waals surface area contributed by atoms with Gasteiger partial charge in [-0.2, -0.15) is 4.57 Å². The number of rotatable bonds is 12. The van der Waals surface area contributed by atoms with E-state index in [1.165, 1.54) is 10.8 Å². The minimum atomic E-state index is -0.301. The average Bonchev–Trinajstić information content (AvgIpc) is 2.85. The van der Waals surface area contributed by atoms with Crippen molar-refractivity contribution in [1.82, 2.24) is 0 Å². The molecule has 0 aliphatic heterocycles. The van der Waals surface area contributed by atoms with Crippen LogP contribution in [-0.2, 0) is 37.1 Å². The molecule has 2 aromatic heterocycles. The van der Waals surface area contributed by atoms with Crippen LogP contribution in [0.5, 0.6) is 0 Å². The average molecular weight is 449 g/mol. The summed E-state index contributed by atoms with van der Waals surface area (Å²) in [6, 6.07) is 20.3. The molecule has 2 heterocycles. The van der Waals surface area contributed by atoms with Gasteiger partial charge in [0.2, 0.25) is 6.54 Å². The summed E-state index contributed by atoms with van der Waals surface area (Å²) in [5.41, 5.74) is 0. The number of carbonyl (C=O) groups excluding carboxylic acids is 1. The predicted molar refractivity (Wildman–Crippen MR) is 122 cm³/mol. The third-order valence-electron chi connectivity index (χ3n) is 5.12. The van der Waals surface area contributed by atoms with Gasteiger partial charge in [0, 0.05) is 22.9 Å². The maximum atomic E-state index is 12.0. The van der Waals surface area contributed by atoms with Crippen LogP contribution in [0.3, 0.4) is 0 Å². The van der Waals surface area contributed by atoms with E-state index in [2.05, 4.69) is 29.0 Å². The standard InChI is InChI=1S/C26H28N2O5/c29-26(21-28-12-10-23-6-2-4-8-25(23)20-28)31-17-15-30-16-18-33-32-14-13-27-11-9-22-5-1-3-7-24(22)19-27/h1-12,19-20H,13-18,21H2/q+2. The highest BCUT2D eigenvalue weighted by molar-refractivity contribution is 5.81. The molecule has 0 saturated heterocycles. The molecule has 0 spiro atoms. The van der Waals surface area contributed by atoms with Crippen LogP contribution in [0.4, 0.5) is 0 Å². The first-order valence-electron chi connectivity index (χ1n) is 11.0. The Morgan fingerprint density at radius 3 is 1.94 bits per heavy atom. The molecule has 0 atom stereocenters. The fourth-order valence-electron chi connectivity index (χ4n) is 3.46. The number of hydrogen-bond acceptors (Lipinski definition) is 5. The monoisotopic (exact) mass is 448 g/mol. The second-order valence-corrected chi connectivity index (χ2v) is 7.53. The maximum absolute atomic E-state index is 12.0. The lowest BCUT2D eigenvalue weighted by Crippen LogP contribution is -2.38. The fraction of sp³-hybridized carbons (Fsp3) is 0.269. The Morgan fingerprint density at radius 1 is 0.636 bits per heavy atom. The molecule has 2 aromatic carbocycles. The molecule has 0 bridgehead atoms. The van der Waals surface area contributed by atoms with E-state index < -0.39 is 0 Å². The SMILES string of the molecule is O=C(C[n+]1ccc2ccccc2c1)OCCOCCOOCC[n+]1ccc2ccccc2c1. The van der Waals surface area contributed by atoms with Gasteiger partial charge < -0.3 is 9.47 Å². The van der Waals surface area contributed by atoms with Crippen molar-refractivity contribution in [2.75, 3.05) is 33.0 Å². The zero-order chi connectivity index (χ0) is 22.7. The van der Waals surface area contributed by atoms with Gasteiger partial charge in [0.05, 0.1) is 13.2 Å². The van der Waals surface area contributed by atoms with Crippen LogP contribution in [0.1, 0.15) is 0 Å². The summed E-state index contributed by atoms with van der Waals surface area (Å²) in [6.07, 6.45) is 7.91. The van der Waals surface area contributed by atoms with E-state index >= 15 is 0 Å². The van der Waals surface area contributed by atoms with Crippen molar-refractivity contribution in [3.63, 3.8) is 0 Å². The topological polar surface area (TPSA) is 61.8 Å². The predicted octanol–water partition coefficient (Wildman–Crippen LogP) is 2.78. The first kappa shape index (κ1) is 22.8. The first-order valence-corrected chi connectivity index (χ1v) is 11.0. The van der Waals surface area contributed by atoms with E-state index in [0.717, 1.165) is 10.8 Å². The van der Waals surface area contributed by atoms with Crippen LogP contribution >= 0.6 is 0 Å². The van der Waals surface area contributed by atoms with E-state index in [9.17, 15) is 4.79 Å².